The first-order valence-corrected chi connectivity index (χ1v) is 9.53. The maximum atomic E-state index is 12.1. The average molecular weight is 389 g/mol. The zero-order valence-corrected chi connectivity index (χ0v) is 17.4. The van der Waals surface area contributed by atoms with Gasteiger partial charge in [0.2, 0.25) is 5.89 Å². The lowest BCUT2D eigenvalue weighted by Gasteiger charge is -2.30. The minimum Gasteiger partial charge on any atom is -0.497 e. The number of aromatic nitrogens is 1. The zero-order valence-electron chi connectivity index (χ0n) is 17.4. The number of carbonyl (C=O) groups is 1. The number of methoxy groups -OCH3 is 2. The molecule has 2 aromatic rings. The number of benzene rings is 1. The SMILES string of the molecule is COCCNC(=O)c1coc(CN(Cc2cccc(OC)c2)[C@@H](C)C(C)C)n1. The highest BCUT2D eigenvalue weighted by Crippen LogP contribution is 2.20. The van der Waals surface area contributed by atoms with Crippen molar-refractivity contribution in [1.29, 1.82) is 0 Å². The van der Waals surface area contributed by atoms with Crippen molar-refractivity contribution >= 4 is 5.91 Å². The third kappa shape index (κ3) is 6.35. The fourth-order valence-electron chi connectivity index (χ4n) is 2.79. The summed E-state index contributed by atoms with van der Waals surface area (Å²) in [5.41, 5.74) is 1.43. The minimum absolute atomic E-state index is 0.261. The predicted molar refractivity (Wildman–Crippen MR) is 107 cm³/mol. The molecule has 0 bridgehead atoms. The van der Waals surface area contributed by atoms with Gasteiger partial charge in [0.1, 0.15) is 12.0 Å². The summed E-state index contributed by atoms with van der Waals surface area (Å²) in [6, 6.07) is 8.33. The Morgan fingerprint density at radius 2 is 2.04 bits per heavy atom. The first kappa shape index (κ1) is 21.9. The molecule has 0 aliphatic heterocycles. The van der Waals surface area contributed by atoms with Crippen molar-refractivity contribution in [2.75, 3.05) is 27.4 Å². The second-order valence-corrected chi connectivity index (χ2v) is 7.12. The van der Waals surface area contributed by atoms with Crippen LogP contribution in [0.4, 0.5) is 0 Å². The number of hydrogen-bond donors (Lipinski definition) is 1. The topological polar surface area (TPSA) is 76.8 Å². The number of ether oxygens (including phenoxy) is 2. The molecular formula is C21H31N3O4. The number of oxazole rings is 1. The van der Waals surface area contributed by atoms with Gasteiger partial charge in [0, 0.05) is 26.2 Å². The van der Waals surface area contributed by atoms with Crippen LogP contribution in [0.3, 0.4) is 0 Å². The van der Waals surface area contributed by atoms with Crippen LogP contribution in [0.15, 0.2) is 34.9 Å². The van der Waals surface area contributed by atoms with E-state index in [0.717, 1.165) is 17.9 Å². The van der Waals surface area contributed by atoms with E-state index in [2.05, 4.69) is 42.0 Å². The van der Waals surface area contributed by atoms with Crippen molar-refractivity contribution in [2.45, 2.75) is 39.9 Å². The Morgan fingerprint density at radius 1 is 1.25 bits per heavy atom. The van der Waals surface area contributed by atoms with Crippen LogP contribution >= 0.6 is 0 Å². The van der Waals surface area contributed by atoms with E-state index in [1.165, 1.54) is 6.26 Å². The molecule has 1 atom stereocenters. The van der Waals surface area contributed by atoms with Gasteiger partial charge in [-0.3, -0.25) is 9.69 Å². The molecule has 0 radical (unpaired) electrons. The van der Waals surface area contributed by atoms with Gasteiger partial charge >= 0.3 is 0 Å². The van der Waals surface area contributed by atoms with Crippen molar-refractivity contribution < 1.29 is 18.7 Å². The molecule has 1 heterocycles. The molecule has 1 N–H and O–H groups in total. The van der Waals surface area contributed by atoms with E-state index in [0.29, 0.717) is 37.5 Å². The molecule has 7 heteroatoms. The summed E-state index contributed by atoms with van der Waals surface area (Å²) in [7, 11) is 3.26. The first-order valence-electron chi connectivity index (χ1n) is 9.53. The van der Waals surface area contributed by atoms with Crippen LogP contribution in [-0.2, 0) is 17.8 Å². The summed E-state index contributed by atoms with van der Waals surface area (Å²) in [6.45, 7) is 8.70. The molecule has 0 spiro atoms. The molecule has 1 aromatic heterocycles. The van der Waals surface area contributed by atoms with Gasteiger partial charge in [-0.25, -0.2) is 4.98 Å². The fourth-order valence-corrected chi connectivity index (χ4v) is 2.79. The molecule has 0 aliphatic carbocycles. The van der Waals surface area contributed by atoms with Crippen LogP contribution in [0.25, 0.3) is 0 Å². The molecular weight excluding hydrogens is 358 g/mol. The third-order valence-electron chi connectivity index (χ3n) is 4.78. The summed E-state index contributed by atoms with van der Waals surface area (Å²) < 4.78 is 15.8. The maximum absolute atomic E-state index is 12.1. The number of carbonyl (C=O) groups excluding carboxylic acids is 1. The number of nitrogens with zero attached hydrogens (tertiary/aromatic N) is 2. The lowest BCUT2D eigenvalue weighted by molar-refractivity contribution is 0.0932. The number of nitrogens with one attached hydrogen (secondary N) is 1. The summed E-state index contributed by atoms with van der Waals surface area (Å²) in [4.78, 5) is 18.8. The molecule has 1 amide bonds. The molecule has 7 nitrogen and oxygen atoms in total. The van der Waals surface area contributed by atoms with Gasteiger partial charge in [-0.2, -0.15) is 0 Å². The lowest BCUT2D eigenvalue weighted by Crippen LogP contribution is -2.36. The van der Waals surface area contributed by atoms with E-state index in [1.54, 1.807) is 14.2 Å². The Hall–Kier alpha value is -2.38. The van der Waals surface area contributed by atoms with Crippen LogP contribution < -0.4 is 10.1 Å². The predicted octanol–water partition coefficient (Wildman–Crippen LogP) is 3.11. The smallest absolute Gasteiger partial charge is 0.273 e. The van der Waals surface area contributed by atoms with Gasteiger partial charge in [-0.1, -0.05) is 26.0 Å². The molecule has 1 aromatic carbocycles. The van der Waals surface area contributed by atoms with Gasteiger partial charge in [0.15, 0.2) is 5.69 Å². The van der Waals surface area contributed by atoms with Crippen molar-refractivity contribution in [3.05, 3.63) is 47.7 Å². The number of amides is 1. The van der Waals surface area contributed by atoms with E-state index in [1.807, 2.05) is 18.2 Å². The molecule has 0 fully saturated rings. The maximum Gasteiger partial charge on any atom is 0.273 e. The van der Waals surface area contributed by atoms with Crippen molar-refractivity contribution in [3.63, 3.8) is 0 Å². The van der Waals surface area contributed by atoms with E-state index in [9.17, 15) is 4.79 Å². The monoisotopic (exact) mass is 389 g/mol. The highest BCUT2D eigenvalue weighted by Gasteiger charge is 2.21. The average Bonchev–Trinajstić information content (AvgIpc) is 3.15. The van der Waals surface area contributed by atoms with Gasteiger partial charge < -0.3 is 19.2 Å². The van der Waals surface area contributed by atoms with Crippen LogP contribution in [0.1, 0.15) is 42.7 Å². The van der Waals surface area contributed by atoms with Crippen molar-refractivity contribution in [2.24, 2.45) is 5.92 Å². The highest BCUT2D eigenvalue weighted by molar-refractivity contribution is 5.91. The number of rotatable bonds is 11. The Morgan fingerprint density at radius 3 is 2.71 bits per heavy atom. The van der Waals surface area contributed by atoms with Crippen LogP contribution in [0.2, 0.25) is 0 Å². The van der Waals surface area contributed by atoms with E-state index < -0.39 is 0 Å². The van der Waals surface area contributed by atoms with Gasteiger partial charge in [-0.15, -0.1) is 0 Å². The molecule has 0 saturated carbocycles. The van der Waals surface area contributed by atoms with Gasteiger partial charge in [-0.05, 0) is 30.5 Å². The van der Waals surface area contributed by atoms with E-state index in [-0.39, 0.29) is 11.6 Å². The molecule has 28 heavy (non-hydrogen) atoms. The third-order valence-corrected chi connectivity index (χ3v) is 4.78. The van der Waals surface area contributed by atoms with E-state index in [4.69, 9.17) is 13.9 Å². The van der Waals surface area contributed by atoms with E-state index >= 15 is 0 Å². The Labute approximate surface area is 167 Å². The zero-order chi connectivity index (χ0) is 20.5. The van der Waals surface area contributed by atoms with Crippen molar-refractivity contribution in [3.8, 4) is 5.75 Å². The summed E-state index contributed by atoms with van der Waals surface area (Å²) in [5.74, 6) is 1.55. The summed E-state index contributed by atoms with van der Waals surface area (Å²) in [6.07, 6.45) is 1.40. The summed E-state index contributed by atoms with van der Waals surface area (Å²) >= 11 is 0. The van der Waals surface area contributed by atoms with Crippen LogP contribution in [0, 0.1) is 5.92 Å². The second kappa shape index (κ2) is 10.8. The normalized spacial score (nSPS) is 12.4. The molecule has 0 unspecified atom stereocenters. The second-order valence-electron chi connectivity index (χ2n) is 7.12. The minimum atomic E-state index is -0.261. The quantitative estimate of drug-likeness (QED) is 0.595. The van der Waals surface area contributed by atoms with Crippen LogP contribution in [-0.4, -0.2) is 49.2 Å². The summed E-state index contributed by atoms with van der Waals surface area (Å²) in [5, 5.41) is 2.75. The molecule has 0 saturated heterocycles. The lowest BCUT2D eigenvalue weighted by atomic mass is 10.0. The Bertz CT molecular complexity index is 745. The molecule has 154 valence electrons. The molecule has 0 aliphatic rings. The highest BCUT2D eigenvalue weighted by atomic mass is 16.5. The van der Waals surface area contributed by atoms with Gasteiger partial charge in [0.05, 0.1) is 20.3 Å². The van der Waals surface area contributed by atoms with Gasteiger partial charge in [0.25, 0.3) is 5.91 Å². The van der Waals surface area contributed by atoms with Crippen LogP contribution in [0.5, 0.6) is 5.75 Å². The Kier molecular flexibility index (Phi) is 8.47. The number of hydrogen-bond acceptors (Lipinski definition) is 6. The Balaban J connectivity index is 2.09. The fraction of sp³-hybridized carbons (Fsp3) is 0.524. The molecule has 2 rings (SSSR count). The first-order chi connectivity index (χ1) is 13.4. The largest absolute Gasteiger partial charge is 0.497 e. The standard InChI is InChI=1S/C21H31N3O4/c1-15(2)16(3)24(12-17-7-6-8-18(11-17)27-5)13-20-23-19(14-28-20)21(25)22-9-10-26-4/h6-8,11,14-16H,9-10,12-13H2,1-5H3,(H,22,25)/t16-/m0/s1. The van der Waals surface area contributed by atoms with Crippen molar-refractivity contribution in [1.82, 2.24) is 15.2 Å².